The van der Waals surface area contributed by atoms with Crippen molar-refractivity contribution >= 4 is 5.91 Å². The first kappa shape index (κ1) is 17.2. The van der Waals surface area contributed by atoms with Crippen molar-refractivity contribution in [3.8, 4) is 5.75 Å². The third-order valence-corrected chi connectivity index (χ3v) is 4.28. The van der Waals surface area contributed by atoms with Crippen LogP contribution < -0.4 is 10.1 Å². The van der Waals surface area contributed by atoms with Crippen molar-refractivity contribution in [2.24, 2.45) is 0 Å². The summed E-state index contributed by atoms with van der Waals surface area (Å²) in [6.45, 7) is 6.73. The number of carbonyl (C=O) groups excluding carboxylic acids is 1. The van der Waals surface area contributed by atoms with E-state index in [1.807, 2.05) is 18.2 Å². The molecule has 0 aliphatic carbocycles. The summed E-state index contributed by atoms with van der Waals surface area (Å²) < 4.78 is 16.8. The molecular weight excluding hydrogens is 308 g/mol. The van der Waals surface area contributed by atoms with Gasteiger partial charge in [-0.2, -0.15) is 0 Å². The van der Waals surface area contributed by atoms with Crippen LogP contribution in [0.25, 0.3) is 0 Å². The van der Waals surface area contributed by atoms with Crippen LogP contribution in [0.5, 0.6) is 5.75 Å². The molecule has 2 unspecified atom stereocenters. The standard InChI is InChI=1S/C18H26N2O4/c1-14-11-20(12-15-4-2-3-5-17(15)24-14)7-6-18(21)19-10-16-13-22-8-9-23-16/h2-5,14,16H,6-13H2,1H3,(H,19,21). The van der Waals surface area contributed by atoms with E-state index in [1.165, 1.54) is 5.56 Å². The molecule has 2 aliphatic heterocycles. The van der Waals surface area contributed by atoms with E-state index in [4.69, 9.17) is 14.2 Å². The van der Waals surface area contributed by atoms with E-state index in [2.05, 4.69) is 23.2 Å². The summed E-state index contributed by atoms with van der Waals surface area (Å²) in [6.07, 6.45) is 0.563. The lowest BCUT2D eigenvalue weighted by molar-refractivity contribution is -0.124. The van der Waals surface area contributed by atoms with Crippen LogP contribution in [0.4, 0.5) is 0 Å². The molecule has 3 rings (SSSR count). The minimum atomic E-state index is -0.0267. The minimum Gasteiger partial charge on any atom is -0.489 e. The maximum Gasteiger partial charge on any atom is 0.221 e. The Hall–Kier alpha value is -1.63. The summed E-state index contributed by atoms with van der Waals surface area (Å²) in [7, 11) is 0. The maximum absolute atomic E-state index is 12.1. The second-order valence-corrected chi connectivity index (χ2v) is 6.39. The summed E-state index contributed by atoms with van der Waals surface area (Å²) in [6, 6.07) is 8.11. The number of nitrogens with one attached hydrogen (secondary N) is 1. The van der Waals surface area contributed by atoms with E-state index >= 15 is 0 Å². The summed E-state index contributed by atoms with van der Waals surface area (Å²) >= 11 is 0. The van der Waals surface area contributed by atoms with Gasteiger partial charge in [-0.3, -0.25) is 9.69 Å². The van der Waals surface area contributed by atoms with E-state index < -0.39 is 0 Å². The molecule has 0 spiro atoms. The normalized spacial score (nSPS) is 24.5. The Kier molecular flexibility index (Phi) is 6.07. The molecular formula is C18H26N2O4. The van der Waals surface area contributed by atoms with Crippen molar-refractivity contribution in [1.29, 1.82) is 0 Å². The fourth-order valence-corrected chi connectivity index (χ4v) is 3.07. The first-order valence-electron chi connectivity index (χ1n) is 8.63. The number of para-hydroxylation sites is 1. The van der Waals surface area contributed by atoms with Crippen LogP contribution in [0.3, 0.4) is 0 Å². The molecule has 0 aromatic heterocycles. The highest BCUT2D eigenvalue weighted by atomic mass is 16.6. The van der Waals surface area contributed by atoms with E-state index in [1.54, 1.807) is 0 Å². The highest BCUT2D eigenvalue weighted by Crippen LogP contribution is 2.24. The van der Waals surface area contributed by atoms with Crippen molar-refractivity contribution in [2.75, 3.05) is 39.5 Å². The third kappa shape index (κ3) is 4.93. The van der Waals surface area contributed by atoms with Crippen LogP contribution in [-0.2, 0) is 20.8 Å². The van der Waals surface area contributed by atoms with Gasteiger partial charge in [-0.25, -0.2) is 0 Å². The molecule has 1 saturated heterocycles. The van der Waals surface area contributed by atoms with Gasteiger partial charge in [-0.1, -0.05) is 18.2 Å². The molecule has 2 aliphatic rings. The molecule has 132 valence electrons. The zero-order valence-corrected chi connectivity index (χ0v) is 14.2. The lowest BCUT2D eigenvalue weighted by Gasteiger charge is -2.24. The average molecular weight is 334 g/mol. The molecule has 6 heteroatoms. The van der Waals surface area contributed by atoms with Gasteiger partial charge in [0.05, 0.1) is 25.9 Å². The molecule has 1 aromatic rings. The Balaban J connectivity index is 1.44. The largest absolute Gasteiger partial charge is 0.489 e. The molecule has 0 radical (unpaired) electrons. The monoisotopic (exact) mass is 334 g/mol. The van der Waals surface area contributed by atoms with Gasteiger partial charge in [-0.15, -0.1) is 0 Å². The predicted octanol–water partition coefficient (Wildman–Crippen LogP) is 1.19. The van der Waals surface area contributed by atoms with Gasteiger partial charge in [0.1, 0.15) is 11.9 Å². The predicted molar refractivity (Wildman–Crippen MR) is 90.0 cm³/mol. The van der Waals surface area contributed by atoms with Crippen LogP contribution >= 0.6 is 0 Å². The van der Waals surface area contributed by atoms with Crippen molar-refractivity contribution in [3.05, 3.63) is 29.8 Å². The lowest BCUT2D eigenvalue weighted by atomic mass is 10.2. The second kappa shape index (κ2) is 8.46. The number of fused-ring (bicyclic) bond motifs is 1. The van der Waals surface area contributed by atoms with Crippen LogP contribution in [-0.4, -0.2) is 62.5 Å². The van der Waals surface area contributed by atoms with Gasteiger partial charge in [0.2, 0.25) is 5.91 Å². The fourth-order valence-electron chi connectivity index (χ4n) is 3.07. The van der Waals surface area contributed by atoms with Gasteiger partial charge < -0.3 is 19.5 Å². The van der Waals surface area contributed by atoms with Crippen LogP contribution in [0.15, 0.2) is 24.3 Å². The Morgan fingerprint density at radius 2 is 2.21 bits per heavy atom. The first-order valence-corrected chi connectivity index (χ1v) is 8.63. The summed E-state index contributed by atoms with van der Waals surface area (Å²) in [5, 5.41) is 2.94. The van der Waals surface area contributed by atoms with E-state index in [0.717, 1.165) is 25.4 Å². The van der Waals surface area contributed by atoms with Gasteiger partial charge in [0, 0.05) is 38.2 Å². The highest BCUT2D eigenvalue weighted by molar-refractivity contribution is 5.76. The molecule has 24 heavy (non-hydrogen) atoms. The fraction of sp³-hybridized carbons (Fsp3) is 0.611. The number of rotatable bonds is 5. The van der Waals surface area contributed by atoms with Gasteiger partial charge in [0.15, 0.2) is 0 Å². The Bertz CT molecular complexity index is 546. The Morgan fingerprint density at radius 3 is 3.04 bits per heavy atom. The van der Waals surface area contributed by atoms with E-state index in [0.29, 0.717) is 32.8 Å². The number of benzene rings is 1. The molecule has 1 N–H and O–H groups in total. The molecule has 1 amide bonds. The molecule has 1 fully saturated rings. The van der Waals surface area contributed by atoms with Crippen LogP contribution in [0.2, 0.25) is 0 Å². The molecule has 0 bridgehead atoms. The summed E-state index contributed by atoms with van der Waals surface area (Å²) in [5.74, 6) is 1.00. The highest BCUT2D eigenvalue weighted by Gasteiger charge is 2.20. The quantitative estimate of drug-likeness (QED) is 0.877. The summed E-state index contributed by atoms with van der Waals surface area (Å²) in [5.41, 5.74) is 1.18. The van der Waals surface area contributed by atoms with E-state index in [-0.39, 0.29) is 18.1 Å². The lowest BCUT2D eigenvalue weighted by Crippen LogP contribution is -2.41. The average Bonchev–Trinajstić information content (AvgIpc) is 2.76. The number of hydrogen-bond acceptors (Lipinski definition) is 5. The zero-order chi connectivity index (χ0) is 16.8. The third-order valence-electron chi connectivity index (χ3n) is 4.28. The second-order valence-electron chi connectivity index (χ2n) is 6.39. The smallest absolute Gasteiger partial charge is 0.221 e. The number of carbonyl (C=O) groups is 1. The molecule has 6 nitrogen and oxygen atoms in total. The topological polar surface area (TPSA) is 60.0 Å². The number of ether oxygens (including phenoxy) is 3. The van der Waals surface area contributed by atoms with Crippen molar-refractivity contribution in [3.63, 3.8) is 0 Å². The van der Waals surface area contributed by atoms with Crippen LogP contribution in [0, 0.1) is 0 Å². The minimum absolute atomic E-state index is 0.0267. The number of amides is 1. The van der Waals surface area contributed by atoms with Crippen molar-refractivity contribution in [2.45, 2.75) is 32.1 Å². The van der Waals surface area contributed by atoms with Crippen molar-refractivity contribution < 1.29 is 19.0 Å². The van der Waals surface area contributed by atoms with Gasteiger partial charge in [0.25, 0.3) is 0 Å². The molecule has 1 aromatic carbocycles. The van der Waals surface area contributed by atoms with Gasteiger partial charge >= 0.3 is 0 Å². The van der Waals surface area contributed by atoms with Gasteiger partial charge in [-0.05, 0) is 13.0 Å². The molecule has 2 atom stereocenters. The molecule has 2 heterocycles. The maximum atomic E-state index is 12.1. The van der Waals surface area contributed by atoms with Crippen LogP contribution in [0.1, 0.15) is 18.9 Å². The Morgan fingerprint density at radius 1 is 1.33 bits per heavy atom. The first-order chi connectivity index (χ1) is 11.7. The number of hydrogen-bond donors (Lipinski definition) is 1. The number of nitrogens with zero attached hydrogens (tertiary/aromatic N) is 1. The SMILES string of the molecule is CC1CN(CCC(=O)NCC2COCCO2)Cc2ccccc2O1. The Labute approximate surface area is 143 Å². The zero-order valence-electron chi connectivity index (χ0n) is 14.2. The van der Waals surface area contributed by atoms with Crippen molar-refractivity contribution in [1.82, 2.24) is 10.2 Å². The molecule has 0 saturated carbocycles. The summed E-state index contributed by atoms with van der Waals surface area (Å²) in [4.78, 5) is 14.4. The van der Waals surface area contributed by atoms with E-state index in [9.17, 15) is 4.79 Å².